The molecule has 106 valence electrons. The third-order valence-corrected chi connectivity index (χ3v) is 3.83. The van der Waals surface area contributed by atoms with E-state index in [1.807, 2.05) is 23.6 Å². The molecule has 1 saturated carbocycles. The van der Waals surface area contributed by atoms with E-state index in [0.717, 1.165) is 30.8 Å². The fourth-order valence-corrected chi connectivity index (χ4v) is 2.50. The predicted molar refractivity (Wildman–Crippen MR) is 75.7 cm³/mol. The van der Waals surface area contributed by atoms with Crippen LogP contribution in [-0.2, 0) is 18.4 Å². The molecule has 0 radical (unpaired) electrons. The molecule has 4 nitrogen and oxygen atoms in total. The van der Waals surface area contributed by atoms with Crippen LogP contribution in [0.5, 0.6) is 0 Å². The summed E-state index contributed by atoms with van der Waals surface area (Å²) in [5, 5.41) is 4.44. The first kappa shape index (κ1) is 14.1. The van der Waals surface area contributed by atoms with Gasteiger partial charge >= 0.3 is 0 Å². The number of hydrogen-bond donors (Lipinski definition) is 0. The highest BCUT2D eigenvalue weighted by molar-refractivity contribution is 5.81. The molecule has 4 heteroatoms. The van der Waals surface area contributed by atoms with Crippen molar-refractivity contribution in [3.8, 4) is 0 Å². The van der Waals surface area contributed by atoms with Crippen LogP contribution in [0.15, 0.2) is 0 Å². The molecule has 0 aliphatic heterocycles. The van der Waals surface area contributed by atoms with Crippen LogP contribution in [0.4, 0.5) is 0 Å². The third-order valence-electron chi connectivity index (χ3n) is 3.83. The number of amides is 1. The third kappa shape index (κ3) is 3.17. The Hall–Kier alpha value is -1.32. The molecular weight excluding hydrogens is 238 g/mol. The molecule has 2 rings (SSSR count). The van der Waals surface area contributed by atoms with E-state index in [1.165, 1.54) is 5.56 Å². The van der Waals surface area contributed by atoms with Gasteiger partial charge in [-0.05, 0) is 32.6 Å². The van der Waals surface area contributed by atoms with E-state index in [9.17, 15) is 4.79 Å². The van der Waals surface area contributed by atoms with Gasteiger partial charge in [0.2, 0.25) is 5.91 Å². The molecule has 1 amide bonds. The highest BCUT2D eigenvalue weighted by Gasteiger charge is 2.34. The maximum absolute atomic E-state index is 12.4. The zero-order valence-electron chi connectivity index (χ0n) is 12.7. The summed E-state index contributed by atoms with van der Waals surface area (Å²) >= 11 is 0. The summed E-state index contributed by atoms with van der Waals surface area (Å²) in [7, 11) is 1.96. The number of carbonyl (C=O) groups excluding carboxylic acids is 1. The standard InChI is InChI=1S/C15H25N3O/c1-10(2)8-18(15(19)13-6-7-13)9-14-11(3)16-17(5)12(14)4/h10,13H,6-9H2,1-5H3. The van der Waals surface area contributed by atoms with Gasteiger partial charge in [0.1, 0.15) is 0 Å². The van der Waals surface area contributed by atoms with E-state index in [2.05, 4.69) is 25.9 Å². The Morgan fingerprint density at radius 2 is 2.05 bits per heavy atom. The van der Waals surface area contributed by atoms with Crippen molar-refractivity contribution in [2.75, 3.05) is 6.54 Å². The fraction of sp³-hybridized carbons (Fsp3) is 0.733. The first-order valence-corrected chi connectivity index (χ1v) is 7.18. The van der Waals surface area contributed by atoms with Gasteiger partial charge in [-0.25, -0.2) is 0 Å². The number of rotatable bonds is 5. The molecular formula is C15H25N3O. The molecule has 0 N–H and O–H groups in total. The van der Waals surface area contributed by atoms with Gasteiger partial charge in [0, 0.05) is 37.3 Å². The molecule has 0 bridgehead atoms. The van der Waals surface area contributed by atoms with Gasteiger partial charge in [-0.1, -0.05) is 13.8 Å². The molecule has 1 aromatic rings. The predicted octanol–water partition coefficient (Wildman–Crippen LogP) is 2.43. The van der Waals surface area contributed by atoms with Crippen molar-refractivity contribution in [2.45, 2.75) is 47.1 Å². The average molecular weight is 263 g/mol. The summed E-state index contributed by atoms with van der Waals surface area (Å²) in [6.07, 6.45) is 2.14. The maximum atomic E-state index is 12.4. The number of aryl methyl sites for hydroxylation is 2. The van der Waals surface area contributed by atoms with Crippen LogP contribution in [0.2, 0.25) is 0 Å². The van der Waals surface area contributed by atoms with Crippen molar-refractivity contribution in [2.24, 2.45) is 18.9 Å². The summed E-state index contributed by atoms with van der Waals surface area (Å²) in [6.45, 7) is 9.97. The van der Waals surface area contributed by atoms with Crippen molar-refractivity contribution in [3.05, 3.63) is 17.0 Å². The monoisotopic (exact) mass is 263 g/mol. The molecule has 0 saturated heterocycles. The molecule has 0 spiro atoms. The number of aromatic nitrogens is 2. The van der Waals surface area contributed by atoms with Crippen LogP contribution in [-0.4, -0.2) is 27.1 Å². The second kappa shape index (κ2) is 5.35. The fourth-order valence-electron chi connectivity index (χ4n) is 2.50. The molecule has 1 aromatic heterocycles. The summed E-state index contributed by atoms with van der Waals surface area (Å²) in [5.74, 6) is 1.12. The van der Waals surface area contributed by atoms with Crippen LogP contribution in [0.3, 0.4) is 0 Å². The minimum atomic E-state index is 0.288. The van der Waals surface area contributed by atoms with Gasteiger partial charge in [0.25, 0.3) is 0 Å². The van der Waals surface area contributed by atoms with Gasteiger partial charge in [-0.3, -0.25) is 9.48 Å². The van der Waals surface area contributed by atoms with Gasteiger partial charge in [0.15, 0.2) is 0 Å². The van der Waals surface area contributed by atoms with E-state index >= 15 is 0 Å². The molecule has 0 unspecified atom stereocenters. The summed E-state index contributed by atoms with van der Waals surface area (Å²) < 4.78 is 1.90. The second-order valence-electron chi connectivity index (χ2n) is 6.16. The summed E-state index contributed by atoms with van der Waals surface area (Å²) in [6, 6.07) is 0. The van der Waals surface area contributed by atoms with E-state index in [1.54, 1.807) is 0 Å². The lowest BCUT2D eigenvalue weighted by atomic mass is 10.1. The first-order valence-electron chi connectivity index (χ1n) is 7.18. The van der Waals surface area contributed by atoms with Crippen LogP contribution >= 0.6 is 0 Å². The second-order valence-corrected chi connectivity index (χ2v) is 6.16. The zero-order valence-corrected chi connectivity index (χ0v) is 12.7. The molecule has 0 aromatic carbocycles. The average Bonchev–Trinajstić information content (AvgIpc) is 3.12. The summed E-state index contributed by atoms with van der Waals surface area (Å²) in [5.41, 5.74) is 3.41. The SMILES string of the molecule is Cc1nn(C)c(C)c1CN(CC(C)C)C(=O)C1CC1. The van der Waals surface area contributed by atoms with Crippen molar-refractivity contribution in [3.63, 3.8) is 0 Å². The Morgan fingerprint density at radius 3 is 2.47 bits per heavy atom. The van der Waals surface area contributed by atoms with Crippen molar-refractivity contribution >= 4 is 5.91 Å². The van der Waals surface area contributed by atoms with Crippen molar-refractivity contribution < 1.29 is 4.79 Å². The van der Waals surface area contributed by atoms with Crippen LogP contribution in [0.1, 0.15) is 43.6 Å². The Kier molecular flexibility index (Phi) is 3.97. The molecule has 1 aliphatic rings. The van der Waals surface area contributed by atoms with Crippen LogP contribution in [0.25, 0.3) is 0 Å². The maximum Gasteiger partial charge on any atom is 0.225 e. The lowest BCUT2D eigenvalue weighted by Gasteiger charge is -2.25. The van der Waals surface area contributed by atoms with Gasteiger partial charge in [-0.2, -0.15) is 5.10 Å². The largest absolute Gasteiger partial charge is 0.338 e. The van der Waals surface area contributed by atoms with Gasteiger partial charge in [0.05, 0.1) is 5.69 Å². The van der Waals surface area contributed by atoms with Crippen LogP contribution < -0.4 is 0 Å². The molecule has 0 atom stereocenters. The minimum absolute atomic E-state index is 0.288. The van der Waals surface area contributed by atoms with Crippen LogP contribution in [0, 0.1) is 25.7 Å². The molecule has 1 fully saturated rings. The number of carbonyl (C=O) groups is 1. The van der Waals surface area contributed by atoms with E-state index in [0.29, 0.717) is 18.4 Å². The smallest absolute Gasteiger partial charge is 0.225 e. The van der Waals surface area contributed by atoms with Gasteiger partial charge in [-0.15, -0.1) is 0 Å². The summed E-state index contributed by atoms with van der Waals surface area (Å²) in [4.78, 5) is 14.4. The van der Waals surface area contributed by atoms with Gasteiger partial charge < -0.3 is 4.90 Å². The molecule has 1 heterocycles. The zero-order chi connectivity index (χ0) is 14.2. The number of hydrogen-bond acceptors (Lipinski definition) is 2. The Balaban J connectivity index is 2.16. The van der Waals surface area contributed by atoms with Crippen molar-refractivity contribution in [1.82, 2.24) is 14.7 Å². The molecule has 19 heavy (non-hydrogen) atoms. The quantitative estimate of drug-likeness (QED) is 0.818. The minimum Gasteiger partial charge on any atom is -0.338 e. The van der Waals surface area contributed by atoms with Crippen molar-refractivity contribution in [1.29, 1.82) is 0 Å². The van der Waals surface area contributed by atoms with E-state index < -0.39 is 0 Å². The molecule has 1 aliphatic carbocycles. The lowest BCUT2D eigenvalue weighted by molar-refractivity contribution is -0.133. The normalized spacial score (nSPS) is 15.1. The first-order chi connectivity index (χ1) is 8.90. The highest BCUT2D eigenvalue weighted by atomic mass is 16.2. The number of nitrogens with zero attached hydrogens (tertiary/aromatic N) is 3. The highest BCUT2D eigenvalue weighted by Crippen LogP contribution is 2.32. The topological polar surface area (TPSA) is 38.1 Å². The Morgan fingerprint density at radius 1 is 1.42 bits per heavy atom. The Bertz CT molecular complexity index is 472. The van der Waals surface area contributed by atoms with E-state index in [-0.39, 0.29) is 5.92 Å². The Labute approximate surface area is 115 Å². The van der Waals surface area contributed by atoms with E-state index in [4.69, 9.17) is 0 Å². The lowest BCUT2D eigenvalue weighted by Crippen LogP contribution is -2.35.